The molecule has 2 N–H and O–H groups in total. The van der Waals surface area contributed by atoms with Crippen LogP contribution in [-0.2, 0) is 14.8 Å². The first-order valence-corrected chi connectivity index (χ1v) is 7.48. The lowest BCUT2D eigenvalue weighted by atomic mass is 10.1. The molecule has 0 saturated carbocycles. The lowest BCUT2D eigenvalue weighted by Crippen LogP contribution is -2.43. The first-order valence-electron chi connectivity index (χ1n) is 6.00. The molecule has 0 fully saturated rings. The lowest BCUT2D eigenvalue weighted by molar-refractivity contribution is -0.0119. The van der Waals surface area contributed by atoms with Crippen molar-refractivity contribution in [2.24, 2.45) is 0 Å². The summed E-state index contributed by atoms with van der Waals surface area (Å²) in [5.74, 6) is -0.134. The summed E-state index contributed by atoms with van der Waals surface area (Å²) >= 11 is 0. The highest BCUT2D eigenvalue weighted by molar-refractivity contribution is 7.89. The second-order valence-corrected chi connectivity index (χ2v) is 6.60. The molecule has 0 radical (unpaired) electrons. The van der Waals surface area contributed by atoms with E-state index in [1.807, 2.05) is 0 Å². The van der Waals surface area contributed by atoms with Gasteiger partial charge in [-0.15, -0.1) is 0 Å². The summed E-state index contributed by atoms with van der Waals surface area (Å²) in [6.07, 6.45) is 0. The summed E-state index contributed by atoms with van der Waals surface area (Å²) in [6, 6.07) is 5.60. The number of ketones is 1. The van der Waals surface area contributed by atoms with Gasteiger partial charge in [0.2, 0.25) is 10.0 Å². The minimum atomic E-state index is -3.73. The number of ether oxygens (including phenoxy) is 1. The Hall–Kier alpha value is -1.28. The predicted octanol–water partition coefficient (Wildman–Crippen LogP) is 0.565. The van der Waals surface area contributed by atoms with Crippen LogP contribution in [0.5, 0.6) is 0 Å². The zero-order chi connectivity index (χ0) is 15.4. The van der Waals surface area contributed by atoms with E-state index in [0.29, 0.717) is 5.56 Å². The fourth-order valence-corrected chi connectivity index (χ4v) is 2.73. The van der Waals surface area contributed by atoms with Gasteiger partial charge in [0.25, 0.3) is 0 Å². The number of sulfonamides is 1. The van der Waals surface area contributed by atoms with Gasteiger partial charge in [-0.2, -0.15) is 0 Å². The smallest absolute Gasteiger partial charge is 0.240 e. The molecule has 0 spiro atoms. The van der Waals surface area contributed by atoms with Crippen LogP contribution in [0.15, 0.2) is 29.2 Å². The van der Waals surface area contributed by atoms with Gasteiger partial charge in [0.05, 0.1) is 17.1 Å². The summed E-state index contributed by atoms with van der Waals surface area (Å²) in [6.45, 7) is 2.72. The van der Waals surface area contributed by atoms with Gasteiger partial charge in [-0.3, -0.25) is 4.79 Å². The first-order chi connectivity index (χ1) is 9.18. The van der Waals surface area contributed by atoms with Crippen molar-refractivity contribution in [2.75, 3.05) is 20.3 Å². The van der Waals surface area contributed by atoms with E-state index in [4.69, 9.17) is 4.74 Å². The zero-order valence-electron chi connectivity index (χ0n) is 11.7. The molecule has 7 heteroatoms. The third-order valence-corrected chi connectivity index (χ3v) is 4.09. The maximum absolute atomic E-state index is 12.0. The third kappa shape index (κ3) is 4.68. The van der Waals surface area contributed by atoms with Crippen molar-refractivity contribution >= 4 is 15.8 Å². The lowest BCUT2D eigenvalue weighted by Gasteiger charge is -2.22. The first kappa shape index (κ1) is 16.8. The monoisotopic (exact) mass is 301 g/mol. The maximum Gasteiger partial charge on any atom is 0.240 e. The van der Waals surface area contributed by atoms with Gasteiger partial charge in [-0.25, -0.2) is 13.1 Å². The zero-order valence-corrected chi connectivity index (χ0v) is 12.5. The van der Waals surface area contributed by atoms with Gasteiger partial charge < -0.3 is 9.84 Å². The molecular weight excluding hydrogens is 282 g/mol. The number of nitrogens with one attached hydrogen (secondary N) is 1. The molecule has 20 heavy (non-hydrogen) atoms. The molecule has 6 nitrogen and oxygen atoms in total. The number of rotatable bonds is 7. The van der Waals surface area contributed by atoms with Crippen molar-refractivity contribution in [2.45, 2.75) is 24.3 Å². The molecular formula is C13H19NO5S. The van der Waals surface area contributed by atoms with Gasteiger partial charge in [-0.1, -0.05) is 12.1 Å². The van der Waals surface area contributed by atoms with Crippen LogP contribution < -0.4 is 4.72 Å². The van der Waals surface area contributed by atoms with E-state index < -0.39 is 15.6 Å². The summed E-state index contributed by atoms with van der Waals surface area (Å²) in [5, 5.41) is 9.84. The molecule has 112 valence electrons. The Balaban J connectivity index is 2.81. The van der Waals surface area contributed by atoms with Crippen LogP contribution in [0.2, 0.25) is 0 Å². The van der Waals surface area contributed by atoms with Crippen LogP contribution >= 0.6 is 0 Å². The highest BCUT2D eigenvalue weighted by atomic mass is 32.2. The summed E-state index contributed by atoms with van der Waals surface area (Å²) < 4.78 is 31.1. The molecule has 0 saturated heterocycles. The molecule has 0 amide bonds. The van der Waals surface area contributed by atoms with Crippen LogP contribution in [0.4, 0.5) is 0 Å². The van der Waals surface area contributed by atoms with E-state index >= 15 is 0 Å². The molecule has 1 atom stereocenters. The van der Waals surface area contributed by atoms with Crippen molar-refractivity contribution in [1.29, 1.82) is 0 Å². The van der Waals surface area contributed by atoms with Gasteiger partial charge in [0, 0.05) is 19.2 Å². The molecule has 0 heterocycles. The number of carbonyl (C=O) groups excluding carboxylic acids is 1. The topological polar surface area (TPSA) is 92.7 Å². The van der Waals surface area contributed by atoms with Crippen LogP contribution in [-0.4, -0.2) is 45.2 Å². The quantitative estimate of drug-likeness (QED) is 0.718. The van der Waals surface area contributed by atoms with Crippen LogP contribution in [0.1, 0.15) is 24.2 Å². The maximum atomic E-state index is 12.0. The largest absolute Gasteiger partial charge is 0.386 e. The van der Waals surface area contributed by atoms with Gasteiger partial charge in [0.1, 0.15) is 0 Å². The fourth-order valence-electron chi connectivity index (χ4n) is 1.56. The van der Waals surface area contributed by atoms with E-state index in [1.54, 1.807) is 0 Å². The van der Waals surface area contributed by atoms with Crippen molar-refractivity contribution in [1.82, 2.24) is 4.72 Å². The molecule has 0 aromatic heterocycles. The fraction of sp³-hybridized carbons (Fsp3) is 0.462. The second-order valence-electron chi connectivity index (χ2n) is 4.84. The number of hydrogen-bond acceptors (Lipinski definition) is 5. The van der Waals surface area contributed by atoms with E-state index in [0.717, 1.165) is 0 Å². The number of Topliss-reactive ketones (excluding diaryl/α,β-unsaturated/α-hetero) is 1. The Kier molecular flexibility index (Phi) is 5.41. The van der Waals surface area contributed by atoms with Crippen LogP contribution in [0.25, 0.3) is 0 Å². The number of hydrogen-bond donors (Lipinski definition) is 2. The Morgan fingerprint density at radius 2 is 1.90 bits per heavy atom. The number of aliphatic hydroxyl groups is 1. The third-order valence-electron chi connectivity index (χ3n) is 2.67. The number of methoxy groups -OCH3 is 1. The molecule has 0 bridgehead atoms. The molecule has 0 aliphatic rings. The Labute approximate surface area is 118 Å². The number of carbonyl (C=O) groups is 1. The van der Waals surface area contributed by atoms with Gasteiger partial charge >= 0.3 is 0 Å². The van der Waals surface area contributed by atoms with Crippen molar-refractivity contribution in [3.63, 3.8) is 0 Å². The predicted molar refractivity (Wildman–Crippen MR) is 74.1 cm³/mol. The van der Waals surface area contributed by atoms with E-state index in [9.17, 15) is 18.3 Å². The van der Waals surface area contributed by atoms with Gasteiger partial charge in [0.15, 0.2) is 5.78 Å². The van der Waals surface area contributed by atoms with Crippen molar-refractivity contribution in [3.8, 4) is 0 Å². The van der Waals surface area contributed by atoms with Gasteiger partial charge in [-0.05, 0) is 26.0 Å². The van der Waals surface area contributed by atoms with Crippen LogP contribution in [0.3, 0.4) is 0 Å². The second kappa shape index (κ2) is 6.45. The van der Waals surface area contributed by atoms with E-state index in [-0.39, 0.29) is 23.8 Å². The highest BCUT2D eigenvalue weighted by Crippen LogP contribution is 2.12. The van der Waals surface area contributed by atoms with Crippen molar-refractivity contribution < 1.29 is 23.1 Å². The SMILES string of the molecule is COCC(C)(O)CNS(=O)(=O)c1ccc(C(C)=O)cc1. The summed E-state index contributed by atoms with van der Waals surface area (Å²) in [4.78, 5) is 11.2. The molecule has 1 aromatic carbocycles. The Morgan fingerprint density at radius 1 is 1.35 bits per heavy atom. The molecule has 1 aromatic rings. The minimum absolute atomic E-state index is 0.0127. The standard InChI is InChI=1S/C13H19NO5S/c1-10(15)11-4-6-12(7-5-11)20(17,18)14-8-13(2,16)9-19-3/h4-7,14,16H,8-9H2,1-3H3. The summed E-state index contributed by atoms with van der Waals surface area (Å²) in [5.41, 5.74) is -0.850. The minimum Gasteiger partial charge on any atom is -0.386 e. The molecule has 1 unspecified atom stereocenters. The van der Waals surface area contributed by atoms with Crippen molar-refractivity contribution in [3.05, 3.63) is 29.8 Å². The molecule has 0 aliphatic heterocycles. The molecule has 1 rings (SSSR count). The summed E-state index contributed by atoms with van der Waals surface area (Å²) in [7, 11) is -2.31. The Morgan fingerprint density at radius 3 is 2.35 bits per heavy atom. The number of benzene rings is 1. The van der Waals surface area contributed by atoms with Crippen LogP contribution in [0, 0.1) is 0 Å². The normalized spacial score (nSPS) is 14.8. The average molecular weight is 301 g/mol. The Bertz CT molecular complexity index is 563. The molecule has 0 aliphatic carbocycles. The van der Waals surface area contributed by atoms with E-state index in [1.165, 1.54) is 45.2 Å². The average Bonchev–Trinajstić information content (AvgIpc) is 2.37. The van der Waals surface area contributed by atoms with E-state index in [2.05, 4.69) is 4.72 Å². The highest BCUT2D eigenvalue weighted by Gasteiger charge is 2.24.